The predicted octanol–water partition coefficient (Wildman–Crippen LogP) is 4.15. The van der Waals surface area contributed by atoms with E-state index in [-0.39, 0.29) is 43.4 Å². The number of hydrogen-bond donors (Lipinski definition) is 1. The number of benzene rings is 2. The SMILES string of the molecule is CCCNC(=O)[C@@H](CC)N(Cc1ccccc1C)C(=O)CCCN(c1ccc(F)c(F)c1)S(C)(=O)=O. The zero-order chi connectivity index (χ0) is 26.9. The monoisotopic (exact) mass is 523 g/mol. The first kappa shape index (κ1) is 29.2. The fourth-order valence-corrected chi connectivity index (χ4v) is 4.86. The molecule has 0 radical (unpaired) electrons. The van der Waals surface area contributed by atoms with Crippen LogP contribution in [0.2, 0.25) is 0 Å². The van der Waals surface area contributed by atoms with Crippen LogP contribution in [0, 0.1) is 18.6 Å². The Morgan fingerprint density at radius 1 is 1.06 bits per heavy atom. The number of amides is 2. The molecular formula is C26H35F2N3O4S. The molecule has 0 aromatic heterocycles. The van der Waals surface area contributed by atoms with Crippen molar-refractivity contribution < 1.29 is 26.8 Å². The zero-order valence-corrected chi connectivity index (χ0v) is 22.1. The molecule has 0 aliphatic heterocycles. The van der Waals surface area contributed by atoms with Crippen molar-refractivity contribution in [2.75, 3.05) is 23.7 Å². The van der Waals surface area contributed by atoms with Crippen molar-refractivity contribution in [3.8, 4) is 0 Å². The maximum absolute atomic E-state index is 13.7. The topological polar surface area (TPSA) is 86.8 Å². The summed E-state index contributed by atoms with van der Waals surface area (Å²) in [6.07, 6.45) is 2.24. The number of sulfonamides is 1. The molecule has 0 saturated heterocycles. The number of rotatable bonds is 13. The highest BCUT2D eigenvalue weighted by atomic mass is 32.2. The molecule has 10 heteroatoms. The molecule has 7 nitrogen and oxygen atoms in total. The minimum absolute atomic E-state index is 0.0222. The van der Waals surface area contributed by atoms with Crippen molar-refractivity contribution in [3.63, 3.8) is 0 Å². The number of hydrogen-bond acceptors (Lipinski definition) is 4. The molecule has 0 heterocycles. The second-order valence-electron chi connectivity index (χ2n) is 8.70. The highest BCUT2D eigenvalue weighted by Crippen LogP contribution is 2.22. The maximum Gasteiger partial charge on any atom is 0.242 e. The summed E-state index contributed by atoms with van der Waals surface area (Å²) in [7, 11) is -3.81. The lowest BCUT2D eigenvalue weighted by Gasteiger charge is -2.31. The lowest BCUT2D eigenvalue weighted by molar-refractivity contribution is -0.141. The lowest BCUT2D eigenvalue weighted by atomic mass is 10.1. The molecule has 0 unspecified atom stereocenters. The van der Waals surface area contributed by atoms with E-state index in [1.807, 2.05) is 45.0 Å². The summed E-state index contributed by atoms with van der Waals surface area (Å²) in [6, 6.07) is 9.77. The molecule has 0 aliphatic carbocycles. The number of carbonyl (C=O) groups excluding carboxylic acids is 2. The van der Waals surface area contributed by atoms with Crippen molar-refractivity contribution in [1.29, 1.82) is 0 Å². The highest BCUT2D eigenvalue weighted by molar-refractivity contribution is 7.92. The fourth-order valence-electron chi connectivity index (χ4n) is 3.90. The number of halogens is 2. The van der Waals surface area contributed by atoms with Crippen molar-refractivity contribution in [3.05, 3.63) is 65.2 Å². The number of nitrogens with one attached hydrogen (secondary N) is 1. The van der Waals surface area contributed by atoms with Crippen LogP contribution >= 0.6 is 0 Å². The molecule has 36 heavy (non-hydrogen) atoms. The van der Waals surface area contributed by atoms with Gasteiger partial charge in [-0.1, -0.05) is 38.1 Å². The normalized spacial score (nSPS) is 12.2. The van der Waals surface area contributed by atoms with Gasteiger partial charge in [0.1, 0.15) is 6.04 Å². The molecule has 0 fully saturated rings. The minimum atomic E-state index is -3.81. The van der Waals surface area contributed by atoms with Crippen LogP contribution in [0.5, 0.6) is 0 Å². The van der Waals surface area contributed by atoms with Crippen molar-refractivity contribution >= 4 is 27.5 Å². The van der Waals surface area contributed by atoms with Gasteiger partial charge < -0.3 is 10.2 Å². The number of anilines is 1. The zero-order valence-electron chi connectivity index (χ0n) is 21.3. The standard InChI is InChI=1S/C26H35F2N3O4S/c1-5-15-29-26(33)24(6-2)30(18-20-11-8-7-10-19(20)3)25(32)12-9-16-31(36(4,34)35)21-13-14-22(27)23(28)17-21/h7-8,10-11,13-14,17,24H,5-6,9,12,15-16,18H2,1-4H3,(H,29,33)/t24-/m1/s1. The molecule has 2 aromatic carbocycles. The van der Waals surface area contributed by atoms with E-state index in [1.54, 1.807) is 0 Å². The van der Waals surface area contributed by atoms with E-state index >= 15 is 0 Å². The van der Waals surface area contributed by atoms with Crippen molar-refractivity contribution in [2.24, 2.45) is 0 Å². The Bertz CT molecular complexity index is 1160. The van der Waals surface area contributed by atoms with Crippen molar-refractivity contribution in [2.45, 2.75) is 59.0 Å². The van der Waals surface area contributed by atoms with E-state index in [4.69, 9.17) is 0 Å². The molecular weight excluding hydrogens is 488 g/mol. The van der Waals surface area contributed by atoms with Gasteiger partial charge in [-0.05, 0) is 49.4 Å². The first-order chi connectivity index (χ1) is 17.0. The summed E-state index contributed by atoms with van der Waals surface area (Å²) in [6.45, 7) is 6.34. The van der Waals surface area contributed by atoms with Gasteiger partial charge in [-0.15, -0.1) is 0 Å². The molecule has 1 N–H and O–H groups in total. The maximum atomic E-state index is 13.7. The smallest absolute Gasteiger partial charge is 0.242 e. The van der Waals surface area contributed by atoms with Crippen LogP contribution in [-0.4, -0.2) is 50.5 Å². The summed E-state index contributed by atoms with van der Waals surface area (Å²) in [5, 5.41) is 2.86. The predicted molar refractivity (Wildman–Crippen MR) is 137 cm³/mol. The minimum Gasteiger partial charge on any atom is -0.354 e. The average Bonchev–Trinajstić information content (AvgIpc) is 2.82. The highest BCUT2D eigenvalue weighted by Gasteiger charge is 2.29. The van der Waals surface area contributed by atoms with E-state index < -0.39 is 27.7 Å². The van der Waals surface area contributed by atoms with E-state index in [0.29, 0.717) is 13.0 Å². The lowest BCUT2D eigenvalue weighted by Crippen LogP contribution is -2.49. The Morgan fingerprint density at radius 3 is 2.33 bits per heavy atom. The van der Waals surface area contributed by atoms with Crippen LogP contribution in [0.3, 0.4) is 0 Å². The van der Waals surface area contributed by atoms with Crippen molar-refractivity contribution in [1.82, 2.24) is 10.2 Å². The number of aryl methyl sites for hydroxylation is 1. The van der Waals surface area contributed by atoms with Crippen LogP contribution in [0.15, 0.2) is 42.5 Å². The van der Waals surface area contributed by atoms with Gasteiger partial charge in [-0.25, -0.2) is 17.2 Å². The summed E-state index contributed by atoms with van der Waals surface area (Å²) in [5.74, 6) is -2.77. The molecule has 2 rings (SSSR count). The van der Waals surface area contributed by atoms with Gasteiger partial charge in [-0.3, -0.25) is 13.9 Å². The van der Waals surface area contributed by atoms with Gasteiger partial charge in [0.05, 0.1) is 11.9 Å². The summed E-state index contributed by atoms with van der Waals surface area (Å²) < 4.78 is 52.6. The quantitative estimate of drug-likeness (QED) is 0.427. The van der Waals surface area contributed by atoms with Gasteiger partial charge in [0.2, 0.25) is 21.8 Å². The number of carbonyl (C=O) groups is 2. The Kier molecular flexibility index (Phi) is 10.8. The first-order valence-corrected chi connectivity index (χ1v) is 13.9. The van der Waals surface area contributed by atoms with Crippen LogP contribution in [0.25, 0.3) is 0 Å². The first-order valence-electron chi connectivity index (χ1n) is 12.0. The van der Waals surface area contributed by atoms with Crippen LogP contribution in [0.1, 0.15) is 50.7 Å². The van der Waals surface area contributed by atoms with E-state index in [2.05, 4.69) is 5.32 Å². The largest absolute Gasteiger partial charge is 0.354 e. The molecule has 2 aromatic rings. The molecule has 2 amide bonds. The van der Waals surface area contributed by atoms with Gasteiger partial charge in [0.15, 0.2) is 11.6 Å². The second-order valence-corrected chi connectivity index (χ2v) is 10.6. The van der Waals surface area contributed by atoms with Crippen LogP contribution in [-0.2, 0) is 26.2 Å². The Labute approximate surface area is 212 Å². The Morgan fingerprint density at radius 2 is 1.75 bits per heavy atom. The van der Waals surface area contributed by atoms with E-state index in [9.17, 15) is 26.8 Å². The molecule has 1 atom stereocenters. The second kappa shape index (κ2) is 13.3. The summed E-state index contributed by atoms with van der Waals surface area (Å²) in [5.41, 5.74) is 1.87. The Hall–Kier alpha value is -3.01. The Balaban J connectivity index is 2.23. The number of nitrogens with zero attached hydrogens (tertiary/aromatic N) is 2. The van der Waals surface area contributed by atoms with Gasteiger partial charge in [-0.2, -0.15) is 0 Å². The molecule has 198 valence electrons. The summed E-state index contributed by atoms with van der Waals surface area (Å²) in [4.78, 5) is 27.8. The summed E-state index contributed by atoms with van der Waals surface area (Å²) >= 11 is 0. The molecule has 0 spiro atoms. The molecule has 0 saturated carbocycles. The van der Waals surface area contributed by atoms with Gasteiger partial charge >= 0.3 is 0 Å². The van der Waals surface area contributed by atoms with Crippen LogP contribution < -0.4 is 9.62 Å². The van der Waals surface area contributed by atoms with E-state index in [0.717, 1.165) is 40.2 Å². The third-order valence-electron chi connectivity index (χ3n) is 5.88. The van der Waals surface area contributed by atoms with Crippen LogP contribution in [0.4, 0.5) is 14.5 Å². The molecule has 0 aliphatic rings. The molecule has 0 bridgehead atoms. The van der Waals surface area contributed by atoms with E-state index in [1.165, 1.54) is 11.0 Å². The van der Waals surface area contributed by atoms with Gasteiger partial charge in [0.25, 0.3) is 0 Å². The fraction of sp³-hybridized carbons (Fsp3) is 0.462. The third kappa shape index (κ3) is 8.01. The average molecular weight is 524 g/mol. The third-order valence-corrected chi connectivity index (χ3v) is 7.07. The van der Waals surface area contributed by atoms with Gasteiger partial charge in [0, 0.05) is 32.1 Å².